The Morgan fingerprint density at radius 1 is 1.05 bits per heavy atom. The van der Waals surface area contributed by atoms with E-state index in [4.69, 9.17) is 17.3 Å². The SMILES string of the molecule is CCc1ccc(N(C)Cc2ccc(Cl)c(N)c2)cc1. The molecule has 2 rings (SSSR count). The number of hydrogen-bond acceptors (Lipinski definition) is 2. The maximum absolute atomic E-state index is 5.93. The highest BCUT2D eigenvalue weighted by Crippen LogP contribution is 2.22. The fraction of sp³-hybridized carbons (Fsp3) is 0.250. The molecule has 0 saturated carbocycles. The van der Waals surface area contributed by atoms with Crippen LogP contribution in [0.15, 0.2) is 42.5 Å². The molecule has 0 amide bonds. The average molecular weight is 275 g/mol. The zero-order valence-corrected chi connectivity index (χ0v) is 12.1. The minimum atomic E-state index is 0.610. The second-order valence-electron chi connectivity index (χ2n) is 4.73. The molecule has 0 fully saturated rings. The Hall–Kier alpha value is -1.67. The molecule has 0 unspecified atom stereocenters. The second-order valence-corrected chi connectivity index (χ2v) is 5.14. The van der Waals surface area contributed by atoms with Crippen LogP contribution in [0.3, 0.4) is 0 Å². The lowest BCUT2D eigenvalue weighted by Crippen LogP contribution is -2.16. The molecule has 2 nitrogen and oxygen atoms in total. The third-order valence-corrected chi connectivity index (χ3v) is 3.61. The molecule has 2 aromatic rings. The number of nitrogens with two attached hydrogens (primary N) is 1. The van der Waals surface area contributed by atoms with Crippen LogP contribution in [-0.4, -0.2) is 7.05 Å². The summed E-state index contributed by atoms with van der Waals surface area (Å²) in [6, 6.07) is 14.4. The lowest BCUT2D eigenvalue weighted by molar-refractivity contribution is 0.922. The highest BCUT2D eigenvalue weighted by Gasteiger charge is 2.04. The molecular formula is C16H19ClN2. The van der Waals surface area contributed by atoms with Gasteiger partial charge in [-0.05, 0) is 41.8 Å². The molecule has 3 heteroatoms. The molecule has 0 atom stereocenters. The van der Waals surface area contributed by atoms with Crippen molar-refractivity contribution in [2.45, 2.75) is 19.9 Å². The third-order valence-electron chi connectivity index (χ3n) is 3.27. The summed E-state index contributed by atoms with van der Waals surface area (Å²) in [6.07, 6.45) is 1.07. The Labute approximate surface area is 119 Å². The summed E-state index contributed by atoms with van der Waals surface area (Å²) in [5, 5.41) is 0.610. The van der Waals surface area contributed by atoms with Crippen molar-refractivity contribution in [2.24, 2.45) is 0 Å². The highest BCUT2D eigenvalue weighted by molar-refractivity contribution is 6.33. The van der Waals surface area contributed by atoms with Crippen LogP contribution in [-0.2, 0) is 13.0 Å². The van der Waals surface area contributed by atoms with Crippen molar-refractivity contribution in [2.75, 3.05) is 17.7 Å². The van der Waals surface area contributed by atoms with Crippen molar-refractivity contribution in [1.29, 1.82) is 0 Å². The summed E-state index contributed by atoms with van der Waals surface area (Å²) >= 11 is 5.93. The van der Waals surface area contributed by atoms with Crippen LogP contribution in [0.4, 0.5) is 11.4 Å². The number of hydrogen-bond donors (Lipinski definition) is 1. The van der Waals surface area contributed by atoms with Gasteiger partial charge in [0.1, 0.15) is 0 Å². The van der Waals surface area contributed by atoms with Crippen LogP contribution in [0.1, 0.15) is 18.1 Å². The predicted octanol–water partition coefficient (Wildman–Crippen LogP) is 4.12. The quantitative estimate of drug-likeness (QED) is 0.850. The number of rotatable bonds is 4. The predicted molar refractivity (Wildman–Crippen MR) is 83.8 cm³/mol. The van der Waals surface area contributed by atoms with E-state index in [0.717, 1.165) is 18.5 Å². The molecule has 2 aromatic carbocycles. The molecule has 2 N–H and O–H groups in total. The van der Waals surface area contributed by atoms with E-state index in [9.17, 15) is 0 Å². The van der Waals surface area contributed by atoms with Crippen LogP contribution in [0.2, 0.25) is 5.02 Å². The van der Waals surface area contributed by atoms with Crippen molar-refractivity contribution in [3.05, 3.63) is 58.6 Å². The van der Waals surface area contributed by atoms with Crippen molar-refractivity contribution in [3.63, 3.8) is 0 Å². The Bertz CT molecular complexity index is 549. The van der Waals surface area contributed by atoms with Crippen LogP contribution >= 0.6 is 11.6 Å². The van der Waals surface area contributed by atoms with E-state index in [1.807, 2.05) is 18.2 Å². The minimum absolute atomic E-state index is 0.610. The number of nitrogen functional groups attached to an aromatic ring is 1. The molecule has 0 aliphatic rings. The van der Waals surface area contributed by atoms with E-state index < -0.39 is 0 Å². The van der Waals surface area contributed by atoms with Crippen LogP contribution in [0, 0.1) is 0 Å². The van der Waals surface area contributed by atoms with Gasteiger partial charge in [-0.25, -0.2) is 0 Å². The van der Waals surface area contributed by atoms with Crippen LogP contribution in [0.25, 0.3) is 0 Å². The third kappa shape index (κ3) is 3.42. The fourth-order valence-corrected chi connectivity index (χ4v) is 2.16. The molecule has 0 heterocycles. The number of aryl methyl sites for hydroxylation is 1. The van der Waals surface area contributed by atoms with Gasteiger partial charge in [0.2, 0.25) is 0 Å². The summed E-state index contributed by atoms with van der Waals surface area (Å²) in [5.74, 6) is 0. The van der Waals surface area contributed by atoms with Crippen LogP contribution < -0.4 is 10.6 Å². The monoisotopic (exact) mass is 274 g/mol. The zero-order chi connectivity index (χ0) is 13.8. The van der Waals surface area contributed by atoms with Gasteiger partial charge in [-0.1, -0.05) is 36.7 Å². The van der Waals surface area contributed by atoms with Gasteiger partial charge in [0.05, 0.1) is 10.7 Å². The first-order valence-electron chi connectivity index (χ1n) is 6.44. The fourth-order valence-electron chi connectivity index (χ4n) is 2.04. The first-order chi connectivity index (χ1) is 9.10. The molecular weight excluding hydrogens is 256 g/mol. The Kier molecular flexibility index (Phi) is 4.33. The van der Waals surface area contributed by atoms with Gasteiger partial charge >= 0.3 is 0 Å². The van der Waals surface area contributed by atoms with Gasteiger partial charge in [0.25, 0.3) is 0 Å². The van der Waals surface area contributed by atoms with E-state index in [0.29, 0.717) is 10.7 Å². The van der Waals surface area contributed by atoms with Gasteiger partial charge in [0, 0.05) is 19.3 Å². The summed E-state index contributed by atoms with van der Waals surface area (Å²) in [6.45, 7) is 2.97. The standard InChI is InChI=1S/C16H19ClN2/c1-3-12-4-7-14(8-5-12)19(2)11-13-6-9-15(17)16(18)10-13/h4-10H,3,11,18H2,1-2H3. The molecule has 0 spiro atoms. The van der Waals surface area contributed by atoms with Gasteiger partial charge in [-0.15, -0.1) is 0 Å². The lowest BCUT2D eigenvalue weighted by Gasteiger charge is -2.20. The minimum Gasteiger partial charge on any atom is -0.398 e. The first-order valence-corrected chi connectivity index (χ1v) is 6.82. The van der Waals surface area contributed by atoms with E-state index in [2.05, 4.69) is 43.1 Å². The molecule has 0 bridgehead atoms. The lowest BCUT2D eigenvalue weighted by atomic mass is 10.1. The summed E-state index contributed by atoms with van der Waals surface area (Å²) in [7, 11) is 2.08. The first kappa shape index (κ1) is 13.8. The summed E-state index contributed by atoms with van der Waals surface area (Å²) in [4.78, 5) is 2.20. The van der Waals surface area contributed by atoms with E-state index in [1.165, 1.54) is 11.3 Å². The van der Waals surface area contributed by atoms with E-state index >= 15 is 0 Å². The molecule has 0 aromatic heterocycles. The highest BCUT2D eigenvalue weighted by atomic mass is 35.5. The Morgan fingerprint density at radius 3 is 2.26 bits per heavy atom. The normalized spacial score (nSPS) is 10.5. The average Bonchev–Trinajstić information content (AvgIpc) is 2.43. The molecule has 19 heavy (non-hydrogen) atoms. The smallest absolute Gasteiger partial charge is 0.0635 e. The van der Waals surface area contributed by atoms with E-state index in [-0.39, 0.29) is 0 Å². The topological polar surface area (TPSA) is 29.3 Å². The van der Waals surface area contributed by atoms with Crippen molar-refractivity contribution >= 4 is 23.0 Å². The second kappa shape index (κ2) is 5.98. The Balaban J connectivity index is 2.10. The number of benzene rings is 2. The molecule has 0 aliphatic carbocycles. The van der Waals surface area contributed by atoms with Gasteiger partial charge < -0.3 is 10.6 Å². The Morgan fingerprint density at radius 2 is 1.68 bits per heavy atom. The van der Waals surface area contributed by atoms with E-state index in [1.54, 1.807) is 0 Å². The molecule has 0 aliphatic heterocycles. The molecule has 0 saturated heterocycles. The summed E-state index contributed by atoms with van der Waals surface area (Å²) < 4.78 is 0. The number of halogens is 1. The number of nitrogens with zero attached hydrogens (tertiary/aromatic N) is 1. The summed E-state index contributed by atoms with van der Waals surface area (Å²) in [5.41, 5.74) is 10.2. The molecule has 0 radical (unpaired) electrons. The van der Waals surface area contributed by atoms with Crippen LogP contribution in [0.5, 0.6) is 0 Å². The van der Waals surface area contributed by atoms with Crippen molar-refractivity contribution in [3.8, 4) is 0 Å². The number of anilines is 2. The van der Waals surface area contributed by atoms with Gasteiger partial charge in [-0.2, -0.15) is 0 Å². The van der Waals surface area contributed by atoms with Gasteiger partial charge in [0.15, 0.2) is 0 Å². The molecule has 100 valence electrons. The van der Waals surface area contributed by atoms with Crippen molar-refractivity contribution in [1.82, 2.24) is 0 Å². The zero-order valence-electron chi connectivity index (χ0n) is 11.4. The largest absolute Gasteiger partial charge is 0.398 e. The van der Waals surface area contributed by atoms with Gasteiger partial charge in [-0.3, -0.25) is 0 Å². The maximum Gasteiger partial charge on any atom is 0.0635 e. The van der Waals surface area contributed by atoms with Crippen molar-refractivity contribution < 1.29 is 0 Å². The maximum atomic E-state index is 5.93.